The fourth-order valence-electron chi connectivity index (χ4n) is 2.26. The number of nitrogens with zero attached hydrogens (tertiary/aromatic N) is 1. The highest BCUT2D eigenvalue weighted by atomic mass is 16.2. The lowest BCUT2D eigenvalue weighted by Crippen LogP contribution is -2.42. The molecule has 1 amide bonds. The van der Waals surface area contributed by atoms with Crippen LogP contribution in [0.2, 0.25) is 0 Å². The molecule has 0 saturated carbocycles. The van der Waals surface area contributed by atoms with E-state index in [1.165, 1.54) is 5.56 Å². The first kappa shape index (κ1) is 12.6. The second-order valence-corrected chi connectivity index (χ2v) is 4.65. The molecule has 2 unspecified atom stereocenters. The number of hydrogen-bond donors (Lipinski definition) is 2. The molecule has 2 atom stereocenters. The number of fused-ring (bicyclic) bond motifs is 1. The van der Waals surface area contributed by atoms with Gasteiger partial charge < -0.3 is 10.6 Å². The molecule has 0 radical (unpaired) electrons. The Labute approximate surface area is 107 Å². The maximum Gasteiger partial charge on any atom is 0.229 e. The van der Waals surface area contributed by atoms with E-state index in [4.69, 9.17) is 5.26 Å². The standard InChI is InChI=1S/C14H17N3O/c1-10(6-7-15)17-14(18)13-9-16-8-11-4-2-3-5-12(11)13/h2-5,10,13,16H,6,8-9H2,1H3,(H,17,18). The third-order valence-corrected chi connectivity index (χ3v) is 3.20. The minimum Gasteiger partial charge on any atom is -0.352 e. The van der Waals surface area contributed by atoms with E-state index in [1.807, 2.05) is 31.2 Å². The average Bonchev–Trinajstić information content (AvgIpc) is 2.38. The van der Waals surface area contributed by atoms with Crippen LogP contribution in [0.4, 0.5) is 0 Å². The monoisotopic (exact) mass is 243 g/mol. The summed E-state index contributed by atoms with van der Waals surface area (Å²) in [7, 11) is 0. The first-order chi connectivity index (χ1) is 8.72. The van der Waals surface area contributed by atoms with Crippen LogP contribution in [0.1, 0.15) is 30.4 Å². The summed E-state index contributed by atoms with van der Waals surface area (Å²) in [5.41, 5.74) is 2.27. The molecule has 1 aliphatic rings. The Morgan fingerprint density at radius 3 is 3.17 bits per heavy atom. The van der Waals surface area contributed by atoms with E-state index in [2.05, 4.69) is 16.7 Å². The smallest absolute Gasteiger partial charge is 0.229 e. The first-order valence-electron chi connectivity index (χ1n) is 6.18. The van der Waals surface area contributed by atoms with Crippen molar-refractivity contribution in [2.45, 2.75) is 31.8 Å². The zero-order valence-electron chi connectivity index (χ0n) is 10.4. The molecule has 0 aromatic heterocycles. The van der Waals surface area contributed by atoms with Crippen molar-refractivity contribution < 1.29 is 4.79 Å². The summed E-state index contributed by atoms with van der Waals surface area (Å²) in [5.74, 6) is -0.159. The summed E-state index contributed by atoms with van der Waals surface area (Å²) in [4.78, 5) is 12.2. The largest absolute Gasteiger partial charge is 0.352 e. The van der Waals surface area contributed by atoms with Gasteiger partial charge in [-0.1, -0.05) is 24.3 Å². The van der Waals surface area contributed by atoms with Gasteiger partial charge in [-0.25, -0.2) is 0 Å². The molecular weight excluding hydrogens is 226 g/mol. The quantitative estimate of drug-likeness (QED) is 0.840. The molecule has 1 heterocycles. The molecule has 1 aromatic rings. The number of rotatable bonds is 3. The Morgan fingerprint density at radius 1 is 1.61 bits per heavy atom. The van der Waals surface area contributed by atoms with Gasteiger partial charge in [0.1, 0.15) is 0 Å². The van der Waals surface area contributed by atoms with Crippen LogP contribution in [0.3, 0.4) is 0 Å². The number of amides is 1. The minimum absolute atomic E-state index is 0.00241. The number of nitrogens with one attached hydrogen (secondary N) is 2. The van der Waals surface area contributed by atoms with Crippen molar-refractivity contribution in [3.8, 4) is 6.07 Å². The van der Waals surface area contributed by atoms with Gasteiger partial charge in [0.15, 0.2) is 0 Å². The molecule has 2 rings (SSSR count). The van der Waals surface area contributed by atoms with Crippen molar-refractivity contribution in [3.63, 3.8) is 0 Å². The summed E-state index contributed by atoms with van der Waals surface area (Å²) < 4.78 is 0. The molecule has 0 aliphatic carbocycles. The van der Waals surface area contributed by atoms with Gasteiger partial charge in [-0.3, -0.25) is 4.79 Å². The predicted molar refractivity (Wildman–Crippen MR) is 68.7 cm³/mol. The van der Waals surface area contributed by atoms with Crippen LogP contribution in [0.25, 0.3) is 0 Å². The number of carbonyl (C=O) groups is 1. The molecule has 0 saturated heterocycles. The van der Waals surface area contributed by atoms with E-state index < -0.39 is 0 Å². The van der Waals surface area contributed by atoms with Gasteiger partial charge in [-0.05, 0) is 18.1 Å². The van der Waals surface area contributed by atoms with Gasteiger partial charge in [0.05, 0.1) is 18.4 Å². The molecule has 0 bridgehead atoms. The Balaban J connectivity index is 2.11. The Bertz CT molecular complexity index is 478. The molecule has 18 heavy (non-hydrogen) atoms. The minimum atomic E-state index is -0.156. The first-order valence-corrected chi connectivity index (χ1v) is 6.18. The number of carbonyl (C=O) groups excluding carboxylic acids is 1. The Hall–Kier alpha value is -1.86. The fourth-order valence-corrected chi connectivity index (χ4v) is 2.26. The van der Waals surface area contributed by atoms with E-state index in [0.29, 0.717) is 13.0 Å². The average molecular weight is 243 g/mol. The van der Waals surface area contributed by atoms with Crippen molar-refractivity contribution in [1.82, 2.24) is 10.6 Å². The summed E-state index contributed by atoms with van der Waals surface area (Å²) in [6.07, 6.45) is 0.341. The number of benzene rings is 1. The maximum absolute atomic E-state index is 12.2. The number of nitriles is 1. The molecule has 4 nitrogen and oxygen atoms in total. The van der Waals surface area contributed by atoms with E-state index in [9.17, 15) is 4.79 Å². The predicted octanol–water partition coefficient (Wildman–Crippen LogP) is 1.29. The van der Waals surface area contributed by atoms with Gasteiger partial charge in [0.2, 0.25) is 5.91 Å². The van der Waals surface area contributed by atoms with E-state index in [-0.39, 0.29) is 17.9 Å². The molecule has 0 fully saturated rings. The van der Waals surface area contributed by atoms with E-state index in [1.54, 1.807) is 0 Å². The van der Waals surface area contributed by atoms with Crippen LogP contribution in [0.15, 0.2) is 24.3 Å². The zero-order valence-corrected chi connectivity index (χ0v) is 10.4. The summed E-state index contributed by atoms with van der Waals surface area (Å²) >= 11 is 0. The second-order valence-electron chi connectivity index (χ2n) is 4.65. The van der Waals surface area contributed by atoms with Gasteiger partial charge in [0.25, 0.3) is 0 Å². The summed E-state index contributed by atoms with van der Waals surface area (Å²) in [6.45, 7) is 3.32. The third kappa shape index (κ3) is 2.69. The lowest BCUT2D eigenvalue weighted by molar-refractivity contribution is -0.123. The molecule has 2 N–H and O–H groups in total. The summed E-state index contributed by atoms with van der Waals surface area (Å²) in [5, 5.41) is 14.7. The fraction of sp³-hybridized carbons (Fsp3) is 0.429. The molecule has 1 aliphatic heterocycles. The van der Waals surface area contributed by atoms with Crippen LogP contribution in [0.5, 0.6) is 0 Å². The second kappa shape index (κ2) is 5.65. The van der Waals surface area contributed by atoms with Crippen molar-refractivity contribution in [2.24, 2.45) is 0 Å². The lowest BCUT2D eigenvalue weighted by atomic mass is 9.90. The van der Waals surface area contributed by atoms with Crippen molar-refractivity contribution in [1.29, 1.82) is 5.26 Å². The van der Waals surface area contributed by atoms with Crippen molar-refractivity contribution >= 4 is 5.91 Å². The van der Waals surface area contributed by atoms with Crippen molar-refractivity contribution in [3.05, 3.63) is 35.4 Å². The Morgan fingerprint density at radius 2 is 2.39 bits per heavy atom. The lowest BCUT2D eigenvalue weighted by Gasteiger charge is -2.26. The van der Waals surface area contributed by atoms with Gasteiger partial charge >= 0.3 is 0 Å². The molecular formula is C14H17N3O. The van der Waals surface area contributed by atoms with Gasteiger partial charge in [0, 0.05) is 19.1 Å². The summed E-state index contributed by atoms with van der Waals surface area (Å²) in [6, 6.07) is 9.96. The number of hydrogen-bond acceptors (Lipinski definition) is 3. The van der Waals surface area contributed by atoms with Crippen LogP contribution in [-0.4, -0.2) is 18.5 Å². The highest BCUT2D eigenvalue weighted by Gasteiger charge is 2.26. The van der Waals surface area contributed by atoms with Crippen LogP contribution < -0.4 is 10.6 Å². The highest BCUT2D eigenvalue weighted by Crippen LogP contribution is 2.23. The molecule has 1 aromatic carbocycles. The molecule has 94 valence electrons. The van der Waals surface area contributed by atoms with Crippen LogP contribution in [0, 0.1) is 11.3 Å². The van der Waals surface area contributed by atoms with Crippen molar-refractivity contribution in [2.75, 3.05) is 6.54 Å². The topological polar surface area (TPSA) is 64.9 Å². The zero-order chi connectivity index (χ0) is 13.0. The van der Waals surface area contributed by atoms with E-state index in [0.717, 1.165) is 12.1 Å². The van der Waals surface area contributed by atoms with Crippen LogP contribution >= 0.6 is 0 Å². The maximum atomic E-state index is 12.2. The normalized spacial score (nSPS) is 19.4. The molecule has 4 heteroatoms. The van der Waals surface area contributed by atoms with Gasteiger partial charge in [-0.15, -0.1) is 0 Å². The Kier molecular flexibility index (Phi) is 3.96. The third-order valence-electron chi connectivity index (χ3n) is 3.20. The SMILES string of the molecule is CC(CC#N)NC(=O)C1CNCc2ccccc21. The highest BCUT2D eigenvalue weighted by molar-refractivity contribution is 5.84. The van der Waals surface area contributed by atoms with Crippen LogP contribution in [-0.2, 0) is 11.3 Å². The molecule has 0 spiro atoms. The van der Waals surface area contributed by atoms with E-state index >= 15 is 0 Å². The van der Waals surface area contributed by atoms with Gasteiger partial charge in [-0.2, -0.15) is 5.26 Å².